The molecule has 0 spiro atoms. The van der Waals surface area contributed by atoms with Crippen molar-refractivity contribution in [1.29, 1.82) is 0 Å². The van der Waals surface area contributed by atoms with E-state index in [2.05, 4.69) is 17.2 Å². The molecular weight excluding hydrogens is 232 g/mol. The van der Waals surface area contributed by atoms with Gasteiger partial charge in [-0.1, -0.05) is 18.6 Å². The number of methoxy groups -OCH3 is 1. The quantitative estimate of drug-likeness (QED) is 0.300. The van der Waals surface area contributed by atoms with Gasteiger partial charge in [-0.15, -0.1) is 6.42 Å². The number of carbonyl (C=O) groups is 2. The van der Waals surface area contributed by atoms with E-state index < -0.39 is 6.10 Å². The van der Waals surface area contributed by atoms with Crippen LogP contribution >= 0.6 is 0 Å². The molecule has 1 atom stereocenters. The Bertz CT molecular complexity index is 374. The summed E-state index contributed by atoms with van der Waals surface area (Å²) in [5.41, 5.74) is 0.446. The maximum Gasteiger partial charge on any atom is 0.330 e. The molecule has 0 bridgehead atoms. The number of hydrogen-bond donors (Lipinski definition) is 0. The number of unbranched alkanes of at least 4 members (excludes halogenated alkanes) is 1. The zero-order chi connectivity index (χ0) is 14.0. The van der Waals surface area contributed by atoms with Gasteiger partial charge in [-0.3, -0.25) is 4.79 Å². The first-order valence-electron chi connectivity index (χ1n) is 5.58. The Hall–Kier alpha value is -2.02. The van der Waals surface area contributed by atoms with Gasteiger partial charge < -0.3 is 9.47 Å². The Morgan fingerprint density at radius 3 is 2.67 bits per heavy atom. The lowest BCUT2D eigenvalue weighted by Gasteiger charge is -2.15. The molecule has 0 radical (unpaired) electrons. The molecule has 0 saturated heterocycles. The van der Waals surface area contributed by atoms with E-state index in [-0.39, 0.29) is 11.9 Å². The fourth-order valence-corrected chi connectivity index (χ4v) is 1.27. The van der Waals surface area contributed by atoms with Crippen molar-refractivity contribution in [2.24, 2.45) is 0 Å². The molecule has 0 aromatic carbocycles. The molecule has 4 heteroatoms. The largest absolute Gasteiger partial charge is 0.466 e. The number of terminal acetylenes is 1. The summed E-state index contributed by atoms with van der Waals surface area (Å²) in [5, 5.41) is 0. The number of allylic oxidation sites excluding steroid dienone is 1. The Balaban J connectivity index is 4.09. The van der Waals surface area contributed by atoms with Crippen LogP contribution in [0.15, 0.2) is 24.3 Å². The molecule has 0 aliphatic heterocycles. The molecule has 0 amide bonds. The minimum Gasteiger partial charge on any atom is -0.466 e. The van der Waals surface area contributed by atoms with Gasteiger partial charge >= 0.3 is 11.9 Å². The molecule has 1 unspecified atom stereocenters. The Kier molecular flexibility index (Phi) is 8.04. The summed E-state index contributed by atoms with van der Waals surface area (Å²) in [7, 11) is 1.32. The van der Waals surface area contributed by atoms with Gasteiger partial charge in [0.1, 0.15) is 6.10 Å². The summed E-state index contributed by atoms with van der Waals surface area (Å²) in [4.78, 5) is 21.7. The minimum absolute atomic E-state index is 0.387. The molecule has 0 aliphatic carbocycles. The smallest absolute Gasteiger partial charge is 0.330 e. The van der Waals surface area contributed by atoms with Gasteiger partial charge in [-0.2, -0.15) is 0 Å². The van der Waals surface area contributed by atoms with E-state index in [0.717, 1.165) is 6.42 Å². The van der Waals surface area contributed by atoms with Crippen molar-refractivity contribution in [3.05, 3.63) is 24.3 Å². The van der Waals surface area contributed by atoms with E-state index >= 15 is 0 Å². The third-order valence-electron chi connectivity index (χ3n) is 2.17. The first kappa shape index (κ1) is 16.0. The molecule has 18 heavy (non-hydrogen) atoms. The van der Waals surface area contributed by atoms with E-state index in [0.29, 0.717) is 18.4 Å². The summed E-state index contributed by atoms with van der Waals surface area (Å²) >= 11 is 0. The third-order valence-corrected chi connectivity index (χ3v) is 2.17. The Morgan fingerprint density at radius 1 is 1.50 bits per heavy atom. The van der Waals surface area contributed by atoms with Gasteiger partial charge in [-0.05, 0) is 19.3 Å². The second kappa shape index (κ2) is 9.06. The standard InChI is InChI=1S/C14H18O4/c1-5-11(2)13(18-12(3)15)9-7-6-8-10-14(16)17-4/h1,8,10,13H,2,6-7,9H2,3-4H3/b10-8+. The molecule has 0 aromatic heterocycles. The summed E-state index contributed by atoms with van der Waals surface area (Å²) in [6.45, 7) is 4.99. The van der Waals surface area contributed by atoms with E-state index in [1.807, 2.05) is 0 Å². The summed E-state index contributed by atoms with van der Waals surface area (Å²) in [6, 6.07) is 0. The highest BCUT2D eigenvalue weighted by Gasteiger charge is 2.13. The van der Waals surface area contributed by atoms with Crippen LogP contribution in [0.4, 0.5) is 0 Å². The maximum atomic E-state index is 10.9. The molecule has 0 aromatic rings. The van der Waals surface area contributed by atoms with Crippen LogP contribution in [-0.2, 0) is 19.1 Å². The first-order valence-corrected chi connectivity index (χ1v) is 5.58. The van der Waals surface area contributed by atoms with Crippen molar-refractivity contribution in [3.8, 4) is 12.3 Å². The molecule has 4 nitrogen and oxygen atoms in total. The Labute approximate surface area is 108 Å². The summed E-state index contributed by atoms with van der Waals surface area (Å²) in [5.74, 6) is 1.60. The monoisotopic (exact) mass is 250 g/mol. The van der Waals surface area contributed by atoms with Crippen LogP contribution in [0.3, 0.4) is 0 Å². The van der Waals surface area contributed by atoms with Crippen LogP contribution in [0.5, 0.6) is 0 Å². The van der Waals surface area contributed by atoms with Crippen LogP contribution < -0.4 is 0 Å². The van der Waals surface area contributed by atoms with E-state index in [1.54, 1.807) is 6.08 Å². The average Bonchev–Trinajstić information content (AvgIpc) is 2.35. The predicted molar refractivity (Wildman–Crippen MR) is 68.5 cm³/mol. The lowest BCUT2D eigenvalue weighted by Crippen LogP contribution is -2.17. The lowest BCUT2D eigenvalue weighted by atomic mass is 10.1. The van der Waals surface area contributed by atoms with Gasteiger partial charge in [-0.25, -0.2) is 4.79 Å². The summed E-state index contributed by atoms with van der Waals surface area (Å²) < 4.78 is 9.51. The Morgan fingerprint density at radius 2 is 2.17 bits per heavy atom. The van der Waals surface area contributed by atoms with E-state index in [1.165, 1.54) is 20.1 Å². The van der Waals surface area contributed by atoms with Crippen molar-refractivity contribution in [2.75, 3.05) is 7.11 Å². The molecule has 98 valence electrons. The van der Waals surface area contributed by atoms with Crippen LogP contribution in [0, 0.1) is 12.3 Å². The minimum atomic E-state index is -0.459. The molecular formula is C14H18O4. The van der Waals surface area contributed by atoms with Crippen molar-refractivity contribution in [3.63, 3.8) is 0 Å². The first-order chi connectivity index (χ1) is 8.51. The fraction of sp³-hybridized carbons (Fsp3) is 0.429. The topological polar surface area (TPSA) is 52.6 Å². The van der Waals surface area contributed by atoms with Crippen LogP contribution in [0.2, 0.25) is 0 Å². The average molecular weight is 250 g/mol. The highest BCUT2D eigenvalue weighted by Crippen LogP contribution is 2.13. The highest BCUT2D eigenvalue weighted by molar-refractivity contribution is 5.81. The number of ether oxygens (including phenoxy) is 2. The number of carbonyl (C=O) groups excluding carboxylic acids is 2. The second-order valence-corrected chi connectivity index (χ2v) is 3.62. The zero-order valence-corrected chi connectivity index (χ0v) is 10.8. The highest BCUT2D eigenvalue weighted by atomic mass is 16.5. The maximum absolute atomic E-state index is 10.9. The van der Waals surface area contributed by atoms with Gasteiger partial charge in [0, 0.05) is 18.6 Å². The fourth-order valence-electron chi connectivity index (χ4n) is 1.27. The van der Waals surface area contributed by atoms with Crippen LogP contribution in [0.25, 0.3) is 0 Å². The second-order valence-electron chi connectivity index (χ2n) is 3.62. The van der Waals surface area contributed by atoms with Crippen molar-refractivity contribution in [1.82, 2.24) is 0 Å². The molecule has 0 N–H and O–H groups in total. The predicted octanol–water partition coefficient (Wildman–Crippen LogP) is 2.01. The van der Waals surface area contributed by atoms with E-state index in [9.17, 15) is 9.59 Å². The van der Waals surface area contributed by atoms with Gasteiger partial charge in [0.25, 0.3) is 0 Å². The van der Waals surface area contributed by atoms with Crippen LogP contribution in [0.1, 0.15) is 26.2 Å². The molecule has 0 heterocycles. The SMILES string of the molecule is C#CC(=C)C(CCC/C=C/C(=O)OC)OC(C)=O. The zero-order valence-electron chi connectivity index (χ0n) is 10.8. The number of rotatable bonds is 7. The number of esters is 2. The lowest BCUT2D eigenvalue weighted by molar-refractivity contribution is -0.144. The molecule has 0 rings (SSSR count). The van der Waals surface area contributed by atoms with Crippen molar-refractivity contribution >= 4 is 11.9 Å². The molecule has 0 saturated carbocycles. The van der Waals surface area contributed by atoms with Crippen LogP contribution in [-0.4, -0.2) is 25.2 Å². The van der Waals surface area contributed by atoms with Gasteiger partial charge in [0.2, 0.25) is 0 Å². The third kappa shape index (κ3) is 7.29. The van der Waals surface area contributed by atoms with Gasteiger partial charge in [0.15, 0.2) is 0 Å². The van der Waals surface area contributed by atoms with Gasteiger partial charge in [0.05, 0.1) is 7.11 Å². The molecule has 0 aliphatic rings. The molecule has 0 fully saturated rings. The van der Waals surface area contributed by atoms with E-state index in [4.69, 9.17) is 11.2 Å². The normalized spacial score (nSPS) is 11.6. The van der Waals surface area contributed by atoms with Crippen molar-refractivity contribution in [2.45, 2.75) is 32.3 Å². The number of hydrogen-bond acceptors (Lipinski definition) is 4. The summed E-state index contributed by atoms with van der Waals surface area (Å²) in [6.07, 6.45) is 9.80. The van der Waals surface area contributed by atoms with Crippen molar-refractivity contribution < 1.29 is 19.1 Å².